The third-order valence-electron chi connectivity index (χ3n) is 11.2. The van der Waals surface area contributed by atoms with Gasteiger partial charge >= 0.3 is 0 Å². The molecule has 0 aliphatic heterocycles. The van der Waals surface area contributed by atoms with Crippen LogP contribution in [0.5, 0.6) is 0 Å². The zero-order chi connectivity index (χ0) is 36.6. The van der Waals surface area contributed by atoms with Crippen molar-refractivity contribution in [2.75, 3.05) is 5.32 Å². The van der Waals surface area contributed by atoms with Gasteiger partial charge in [0.05, 0.1) is 11.0 Å². The third kappa shape index (κ3) is 6.14. The van der Waals surface area contributed by atoms with Crippen LogP contribution in [0.15, 0.2) is 194 Å². The smallest absolute Gasteiger partial charge is 0.0541 e. The Morgan fingerprint density at radius 3 is 1.72 bits per heavy atom. The first-order valence-electron chi connectivity index (χ1n) is 19.1. The van der Waals surface area contributed by atoms with Crippen LogP contribution < -0.4 is 5.32 Å². The maximum atomic E-state index is 3.70. The second-order valence-corrected chi connectivity index (χ2v) is 15.1. The maximum absolute atomic E-state index is 3.70. The summed E-state index contributed by atoms with van der Waals surface area (Å²) in [6, 6.07) is 63.9. The maximum Gasteiger partial charge on any atom is 0.0541 e. The summed E-state index contributed by atoms with van der Waals surface area (Å²) in [5.41, 5.74) is 16.5. The van der Waals surface area contributed by atoms with E-state index in [1.54, 1.807) is 0 Å². The standard InChI is InChI=1S/C52H44N2/c1-36(53-42-30-26-40(27-31-42)38-13-5-4-6-14-38)21-34-49-47(44-15-7-10-18-48(44)52(49,2)3)35-37-22-24-39(25-23-37)41-28-32-43(33-29-41)54-50-19-11-8-16-45(50)46-17-9-12-20-51(46)54/h4-34,36,53H,35H2,1-3H3/b34-21-. The highest BCUT2D eigenvalue weighted by atomic mass is 15.0. The van der Waals surface area contributed by atoms with Gasteiger partial charge in [0.15, 0.2) is 0 Å². The zero-order valence-corrected chi connectivity index (χ0v) is 31.1. The molecule has 0 saturated carbocycles. The molecule has 7 aromatic carbocycles. The van der Waals surface area contributed by atoms with Crippen molar-refractivity contribution in [1.29, 1.82) is 0 Å². The molecule has 1 N–H and O–H groups in total. The molecule has 8 aromatic rings. The van der Waals surface area contributed by atoms with Gasteiger partial charge in [-0.2, -0.15) is 0 Å². The van der Waals surface area contributed by atoms with Crippen LogP contribution in [0.4, 0.5) is 5.69 Å². The van der Waals surface area contributed by atoms with Gasteiger partial charge in [-0.25, -0.2) is 0 Å². The van der Waals surface area contributed by atoms with Gasteiger partial charge in [0.2, 0.25) is 0 Å². The Hall–Kier alpha value is -6.38. The van der Waals surface area contributed by atoms with Gasteiger partial charge in [0, 0.05) is 33.6 Å². The molecule has 0 radical (unpaired) electrons. The van der Waals surface area contributed by atoms with Gasteiger partial charge < -0.3 is 9.88 Å². The number of benzene rings is 7. The van der Waals surface area contributed by atoms with E-state index in [9.17, 15) is 0 Å². The van der Waals surface area contributed by atoms with Gasteiger partial charge in [-0.15, -0.1) is 0 Å². The predicted octanol–water partition coefficient (Wildman–Crippen LogP) is 13.5. The summed E-state index contributed by atoms with van der Waals surface area (Å²) in [5.74, 6) is 0. The Labute approximate surface area is 318 Å². The topological polar surface area (TPSA) is 17.0 Å². The van der Waals surface area contributed by atoms with Crippen molar-refractivity contribution in [3.8, 4) is 27.9 Å². The van der Waals surface area contributed by atoms with E-state index in [2.05, 4.69) is 219 Å². The van der Waals surface area contributed by atoms with Crippen LogP contribution in [0.25, 0.3) is 55.3 Å². The van der Waals surface area contributed by atoms with Crippen LogP contribution in [0.3, 0.4) is 0 Å². The van der Waals surface area contributed by atoms with Crippen molar-refractivity contribution in [2.45, 2.75) is 38.6 Å². The molecule has 1 unspecified atom stereocenters. The number of hydrogen-bond acceptors (Lipinski definition) is 1. The summed E-state index contributed by atoms with van der Waals surface area (Å²) in [5, 5.41) is 6.26. The van der Waals surface area contributed by atoms with Gasteiger partial charge in [-0.3, -0.25) is 0 Å². The summed E-state index contributed by atoms with van der Waals surface area (Å²) >= 11 is 0. The van der Waals surface area contributed by atoms with Crippen molar-refractivity contribution >= 4 is 33.1 Å². The minimum Gasteiger partial charge on any atom is -0.379 e. The van der Waals surface area contributed by atoms with Crippen molar-refractivity contribution in [3.63, 3.8) is 0 Å². The lowest BCUT2D eigenvalue weighted by Gasteiger charge is -2.23. The summed E-state index contributed by atoms with van der Waals surface area (Å²) in [6.45, 7) is 6.96. The number of aromatic nitrogens is 1. The van der Waals surface area contributed by atoms with Gasteiger partial charge in [-0.05, 0) is 99.8 Å². The number of para-hydroxylation sites is 2. The Morgan fingerprint density at radius 1 is 0.556 bits per heavy atom. The van der Waals surface area contributed by atoms with Gasteiger partial charge in [0.1, 0.15) is 0 Å². The molecule has 1 aliphatic carbocycles. The Balaban J connectivity index is 0.955. The van der Waals surface area contributed by atoms with Gasteiger partial charge in [-0.1, -0.05) is 166 Å². The fourth-order valence-corrected chi connectivity index (χ4v) is 8.42. The first-order chi connectivity index (χ1) is 26.4. The zero-order valence-electron chi connectivity index (χ0n) is 31.1. The van der Waals surface area contributed by atoms with E-state index in [0.717, 1.165) is 12.1 Å². The molecule has 1 atom stereocenters. The summed E-state index contributed by atoms with van der Waals surface area (Å²) in [7, 11) is 0. The van der Waals surface area contributed by atoms with Crippen molar-refractivity contribution in [2.24, 2.45) is 0 Å². The molecule has 0 fully saturated rings. The van der Waals surface area contributed by atoms with Crippen LogP contribution in [-0.2, 0) is 11.8 Å². The molecule has 1 aromatic heterocycles. The van der Waals surface area contributed by atoms with Crippen LogP contribution in [0, 0.1) is 0 Å². The van der Waals surface area contributed by atoms with E-state index in [-0.39, 0.29) is 11.5 Å². The molecule has 0 amide bonds. The fourth-order valence-electron chi connectivity index (χ4n) is 8.42. The highest BCUT2D eigenvalue weighted by molar-refractivity contribution is 6.09. The average molecular weight is 697 g/mol. The molecular formula is C52H44N2. The molecule has 2 nitrogen and oxygen atoms in total. The molecule has 0 bridgehead atoms. The van der Waals surface area contributed by atoms with Gasteiger partial charge in [0.25, 0.3) is 0 Å². The van der Waals surface area contributed by atoms with Crippen LogP contribution in [-0.4, -0.2) is 10.6 Å². The van der Waals surface area contributed by atoms with E-state index in [1.807, 2.05) is 0 Å². The lowest BCUT2D eigenvalue weighted by atomic mass is 9.80. The second kappa shape index (κ2) is 13.9. The lowest BCUT2D eigenvalue weighted by molar-refractivity contribution is 0.653. The molecule has 0 saturated heterocycles. The Kier molecular flexibility index (Phi) is 8.60. The minimum atomic E-state index is -0.0858. The monoisotopic (exact) mass is 696 g/mol. The number of nitrogens with zero attached hydrogens (tertiary/aromatic N) is 1. The van der Waals surface area contributed by atoms with Crippen LogP contribution in [0.1, 0.15) is 37.5 Å². The number of allylic oxidation sites excluding steroid dienone is 3. The molecule has 2 heteroatoms. The number of rotatable bonds is 9. The van der Waals surface area contributed by atoms with E-state index >= 15 is 0 Å². The highest BCUT2D eigenvalue weighted by Gasteiger charge is 2.36. The Bertz CT molecular complexity index is 2600. The van der Waals surface area contributed by atoms with E-state index in [4.69, 9.17) is 0 Å². The molecular weight excluding hydrogens is 653 g/mol. The molecule has 1 aliphatic rings. The van der Waals surface area contributed by atoms with Crippen molar-refractivity contribution < 1.29 is 0 Å². The first-order valence-corrected chi connectivity index (χ1v) is 19.1. The number of anilines is 1. The van der Waals surface area contributed by atoms with E-state index < -0.39 is 0 Å². The first kappa shape index (κ1) is 33.5. The normalized spacial score (nSPS) is 14.2. The largest absolute Gasteiger partial charge is 0.379 e. The van der Waals surface area contributed by atoms with Crippen molar-refractivity contribution in [3.05, 3.63) is 210 Å². The summed E-state index contributed by atoms with van der Waals surface area (Å²) in [4.78, 5) is 0. The second-order valence-electron chi connectivity index (χ2n) is 15.1. The molecule has 1 heterocycles. The number of fused-ring (bicyclic) bond motifs is 4. The SMILES string of the molecule is CC(/C=C\C1=C(Cc2ccc(-c3ccc(-n4c5ccccc5c5ccccc54)cc3)cc2)c2ccccc2C1(C)C)Nc1ccc(-c2ccccc2)cc1. The third-order valence-corrected chi connectivity index (χ3v) is 11.2. The average Bonchev–Trinajstić information content (AvgIpc) is 3.66. The van der Waals surface area contributed by atoms with Crippen molar-refractivity contribution in [1.82, 2.24) is 4.57 Å². The highest BCUT2D eigenvalue weighted by Crippen LogP contribution is 2.48. The Morgan fingerprint density at radius 2 is 1.07 bits per heavy atom. The number of hydrogen-bond donors (Lipinski definition) is 1. The van der Waals surface area contributed by atoms with E-state index in [0.29, 0.717) is 0 Å². The molecule has 9 rings (SSSR count). The van der Waals surface area contributed by atoms with Crippen LogP contribution >= 0.6 is 0 Å². The molecule has 54 heavy (non-hydrogen) atoms. The fraction of sp³-hybridized carbons (Fsp3) is 0.115. The predicted molar refractivity (Wildman–Crippen MR) is 230 cm³/mol. The molecule has 262 valence electrons. The minimum absolute atomic E-state index is 0.0858. The quantitative estimate of drug-likeness (QED) is 0.159. The lowest BCUT2D eigenvalue weighted by Crippen LogP contribution is -2.17. The summed E-state index contributed by atoms with van der Waals surface area (Å²) < 4.78 is 2.37. The molecule has 0 spiro atoms. The van der Waals surface area contributed by atoms with Crippen LogP contribution in [0.2, 0.25) is 0 Å². The van der Waals surface area contributed by atoms with E-state index in [1.165, 1.54) is 77.6 Å². The number of nitrogens with one attached hydrogen (secondary N) is 1. The summed E-state index contributed by atoms with van der Waals surface area (Å²) in [6.07, 6.45) is 5.58.